The number of amides is 1. The second-order valence-electron chi connectivity index (χ2n) is 4.28. The quantitative estimate of drug-likeness (QED) is 0.654. The zero-order valence-electron chi connectivity index (χ0n) is 9.71. The van der Waals surface area contributed by atoms with Gasteiger partial charge in [0.2, 0.25) is 5.91 Å². The first kappa shape index (κ1) is 12.9. The van der Waals surface area contributed by atoms with Crippen molar-refractivity contribution in [1.82, 2.24) is 10.6 Å². The Labute approximate surface area is 96.2 Å². The average molecular weight is 225 g/mol. The molecule has 16 heavy (non-hydrogen) atoms. The van der Waals surface area contributed by atoms with Crippen molar-refractivity contribution in [2.24, 2.45) is 0 Å². The molecule has 5 nitrogen and oxygen atoms in total. The van der Waals surface area contributed by atoms with Crippen molar-refractivity contribution in [2.45, 2.75) is 31.7 Å². The highest BCUT2D eigenvalue weighted by molar-refractivity contribution is 5.78. The van der Waals surface area contributed by atoms with E-state index in [1.54, 1.807) is 0 Å². The van der Waals surface area contributed by atoms with Gasteiger partial charge < -0.3 is 15.4 Å². The molecular weight excluding hydrogens is 206 g/mol. The van der Waals surface area contributed by atoms with Crippen LogP contribution in [0.2, 0.25) is 0 Å². The Balaban J connectivity index is 2.17. The van der Waals surface area contributed by atoms with E-state index in [2.05, 4.69) is 17.6 Å². The van der Waals surface area contributed by atoms with E-state index < -0.39 is 0 Å². The van der Waals surface area contributed by atoms with Crippen LogP contribution in [0, 0.1) is 11.3 Å². The molecule has 1 aliphatic heterocycles. The van der Waals surface area contributed by atoms with E-state index in [9.17, 15) is 4.79 Å². The van der Waals surface area contributed by atoms with Gasteiger partial charge >= 0.3 is 0 Å². The Kier molecular flexibility index (Phi) is 5.23. The zero-order chi connectivity index (χ0) is 11.9. The van der Waals surface area contributed by atoms with Crippen LogP contribution < -0.4 is 10.6 Å². The fourth-order valence-electron chi connectivity index (χ4n) is 1.61. The van der Waals surface area contributed by atoms with Crippen LogP contribution in [-0.4, -0.2) is 37.7 Å². The first-order valence-corrected chi connectivity index (χ1v) is 5.63. The van der Waals surface area contributed by atoms with Crippen LogP contribution in [0.15, 0.2) is 0 Å². The molecule has 2 N–H and O–H groups in total. The third kappa shape index (κ3) is 4.60. The number of nitrogens with one attached hydrogen (secondary N) is 2. The van der Waals surface area contributed by atoms with Gasteiger partial charge in [0.05, 0.1) is 19.0 Å². The minimum atomic E-state index is -0.0528. The summed E-state index contributed by atoms with van der Waals surface area (Å²) >= 11 is 0. The molecule has 5 heteroatoms. The molecule has 90 valence electrons. The number of ether oxygens (including phenoxy) is 1. The van der Waals surface area contributed by atoms with E-state index in [1.165, 1.54) is 0 Å². The maximum atomic E-state index is 11.4. The number of rotatable bonds is 5. The van der Waals surface area contributed by atoms with Gasteiger partial charge in [0.1, 0.15) is 0 Å². The molecule has 1 fully saturated rings. The topological polar surface area (TPSA) is 74.2 Å². The predicted octanol–water partition coefficient (Wildman–Crippen LogP) is 0.175. The lowest BCUT2D eigenvalue weighted by atomic mass is 9.92. The molecule has 0 saturated carbocycles. The Bertz CT molecular complexity index is 267. The van der Waals surface area contributed by atoms with E-state index in [0.29, 0.717) is 19.5 Å². The van der Waals surface area contributed by atoms with Gasteiger partial charge in [0.15, 0.2) is 0 Å². The molecule has 0 spiro atoms. The third-order valence-corrected chi connectivity index (χ3v) is 2.83. The number of hydrogen-bond acceptors (Lipinski definition) is 4. The van der Waals surface area contributed by atoms with Crippen LogP contribution in [0.1, 0.15) is 26.2 Å². The summed E-state index contributed by atoms with van der Waals surface area (Å²) in [5.41, 5.74) is 0.00478. The summed E-state index contributed by atoms with van der Waals surface area (Å²) in [5.74, 6) is -0.0528. The molecule has 0 atom stereocenters. The van der Waals surface area contributed by atoms with Crippen molar-refractivity contribution >= 4 is 5.91 Å². The Hall–Kier alpha value is -1.12. The number of nitrogens with zero attached hydrogens (tertiary/aromatic N) is 1. The molecule has 0 unspecified atom stereocenters. The smallest absolute Gasteiger partial charge is 0.234 e. The number of carbonyl (C=O) groups excluding carboxylic acids is 1. The van der Waals surface area contributed by atoms with Crippen molar-refractivity contribution in [2.75, 3.05) is 26.3 Å². The largest absolute Gasteiger partial charge is 0.381 e. The van der Waals surface area contributed by atoms with Gasteiger partial charge in [-0.2, -0.15) is 5.26 Å². The molecule has 0 radical (unpaired) electrons. The maximum absolute atomic E-state index is 11.4. The highest BCUT2D eigenvalue weighted by Crippen LogP contribution is 2.18. The lowest BCUT2D eigenvalue weighted by molar-refractivity contribution is -0.120. The second kappa shape index (κ2) is 6.46. The van der Waals surface area contributed by atoms with Crippen molar-refractivity contribution in [3.63, 3.8) is 0 Å². The van der Waals surface area contributed by atoms with Crippen LogP contribution in [0.4, 0.5) is 0 Å². The summed E-state index contributed by atoms with van der Waals surface area (Å²) in [5, 5.41) is 14.3. The first-order valence-electron chi connectivity index (χ1n) is 5.63. The fourth-order valence-corrected chi connectivity index (χ4v) is 1.61. The lowest BCUT2D eigenvalue weighted by Gasteiger charge is -2.34. The van der Waals surface area contributed by atoms with Crippen LogP contribution in [0.3, 0.4) is 0 Å². The van der Waals surface area contributed by atoms with Gasteiger partial charge in [-0.1, -0.05) is 0 Å². The minimum absolute atomic E-state index is 0.00478. The van der Waals surface area contributed by atoms with Gasteiger partial charge in [-0.3, -0.25) is 4.79 Å². The third-order valence-electron chi connectivity index (χ3n) is 2.83. The van der Waals surface area contributed by atoms with Crippen LogP contribution in [-0.2, 0) is 9.53 Å². The summed E-state index contributed by atoms with van der Waals surface area (Å²) in [4.78, 5) is 11.4. The highest BCUT2D eigenvalue weighted by Gasteiger charge is 2.26. The minimum Gasteiger partial charge on any atom is -0.381 e. The summed E-state index contributed by atoms with van der Waals surface area (Å²) in [6.45, 7) is 4.34. The first-order chi connectivity index (χ1) is 7.66. The molecule has 1 amide bonds. The van der Waals surface area contributed by atoms with Crippen molar-refractivity contribution < 1.29 is 9.53 Å². The molecule has 0 bridgehead atoms. The van der Waals surface area contributed by atoms with Crippen molar-refractivity contribution in [1.29, 1.82) is 5.26 Å². The van der Waals surface area contributed by atoms with Gasteiger partial charge in [-0.15, -0.1) is 0 Å². The zero-order valence-corrected chi connectivity index (χ0v) is 9.71. The summed E-state index contributed by atoms with van der Waals surface area (Å²) in [7, 11) is 0. The van der Waals surface area contributed by atoms with Crippen LogP contribution in [0.25, 0.3) is 0 Å². The average Bonchev–Trinajstić information content (AvgIpc) is 2.28. The summed E-state index contributed by atoms with van der Waals surface area (Å²) in [6, 6.07) is 1.98. The molecule has 0 aromatic rings. The lowest BCUT2D eigenvalue weighted by Crippen LogP contribution is -2.50. The normalized spacial score (nSPS) is 18.8. The van der Waals surface area contributed by atoms with Gasteiger partial charge in [-0.25, -0.2) is 0 Å². The van der Waals surface area contributed by atoms with E-state index in [-0.39, 0.29) is 11.4 Å². The van der Waals surface area contributed by atoms with Crippen molar-refractivity contribution in [3.05, 3.63) is 0 Å². The van der Waals surface area contributed by atoms with E-state index in [4.69, 9.17) is 10.00 Å². The van der Waals surface area contributed by atoms with Crippen LogP contribution in [0.5, 0.6) is 0 Å². The summed E-state index contributed by atoms with van der Waals surface area (Å²) < 4.78 is 5.27. The fraction of sp³-hybridized carbons (Fsp3) is 0.818. The monoisotopic (exact) mass is 225 g/mol. The molecule has 1 heterocycles. The number of hydrogen-bond donors (Lipinski definition) is 2. The van der Waals surface area contributed by atoms with Gasteiger partial charge in [0.25, 0.3) is 0 Å². The molecule has 0 aromatic carbocycles. The Morgan fingerprint density at radius 2 is 2.19 bits per heavy atom. The maximum Gasteiger partial charge on any atom is 0.234 e. The van der Waals surface area contributed by atoms with Gasteiger partial charge in [-0.05, 0) is 19.8 Å². The van der Waals surface area contributed by atoms with E-state index in [0.717, 1.165) is 26.1 Å². The standard InChI is InChI=1S/C11H19N3O2/c1-11(3-7-16-8-4-11)14-9-10(15)13-6-2-5-12/h14H,2-4,6-9H2,1H3,(H,13,15). The predicted molar refractivity (Wildman–Crippen MR) is 59.7 cm³/mol. The number of carbonyl (C=O) groups is 1. The SMILES string of the molecule is CC1(NCC(=O)NCCC#N)CCOCC1. The Morgan fingerprint density at radius 3 is 2.81 bits per heavy atom. The second-order valence-corrected chi connectivity index (χ2v) is 4.28. The van der Waals surface area contributed by atoms with E-state index in [1.807, 2.05) is 6.07 Å². The van der Waals surface area contributed by atoms with Gasteiger partial charge in [0, 0.05) is 25.3 Å². The molecule has 1 saturated heterocycles. The van der Waals surface area contributed by atoms with Crippen LogP contribution >= 0.6 is 0 Å². The number of nitriles is 1. The Morgan fingerprint density at radius 1 is 1.50 bits per heavy atom. The molecule has 1 aliphatic rings. The molecule has 1 rings (SSSR count). The highest BCUT2D eigenvalue weighted by atomic mass is 16.5. The van der Waals surface area contributed by atoms with E-state index >= 15 is 0 Å². The molecule has 0 aromatic heterocycles. The molecular formula is C11H19N3O2. The molecule has 0 aliphatic carbocycles. The van der Waals surface area contributed by atoms with Crippen molar-refractivity contribution in [3.8, 4) is 6.07 Å². The summed E-state index contributed by atoms with van der Waals surface area (Å²) in [6.07, 6.45) is 2.22.